The second-order valence-corrected chi connectivity index (χ2v) is 11.7. The van der Waals surface area contributed by atoms with Crippen molar-refractivity contribution in [3.63, 3.8) is 0 Å². The van der Waals surface area contributed by atoms with Gasteiger partial charge in [0, 0.05) is 20.2 Å². The van der Waals surface area contributed by atoms with Gasteiger partial charge < -0.3 is 9.30 Å². The van der Waals surface area contributed by atoms with E-state index >= 15 is 0 Å². The van der Waals surface area contributed by atoms with Gasteiger partial charge in [-0.05, 0) is 37.1 Å². The number of thiazole rings is 1. The van der Waals surface area contributed by atoms with Gasteiger partial charge in [-0.15, -0.1) is 11.3 Å². The minimum Gasteiger partial charge on any atom is -0.383 e. The zero-order valence-electron chi connectivity index (χ0n) is 16.5. The molecule has 0 radical (unpaired) electrons. The molecule has 1 amide bonds. The van der Waals surface area contributed by atoms with Gasteiger partial charge in [-0.2, -0.15) is 9.30 Å². The molecule has 0 spiro atoms. The number of sulfonamides is 1. The quantitative estimate of drug-likeness (QED) is 0.515. The number of methoxy groups -OCH3 is 1. The predicted octanol–water partition coefficient (Wildman–Crippen LogP) is 3.48. The number of para-hydroxylation sites is 1. The van der Waals surface area contributed by atoms with Crippen molar-refractivity contribution in [3.8, 4) is 0 Å². The molecule has 0 N–H and O–H groups in total. The second-order valence-electron chi connectivity index (χ2n) is 6.90. The van der Waals surface area contributed by atoms with Crippen LogP contribution in [0.3, 0.4) is 0 Å². The van der Waals surface area contributed by atoms with Gasteiger partial charge in [0.15, 0.2) is 4.80 Å². The van der Waals surface area contributed by atoms with Crippen LogP contribution in [-0.2, 0) is 26.1 Å². The van der Waals surface area contributed by atoms with Crippen LogP contribution in [0.4, 0.5) is 4.39 Å². The van der Waals surface area contributed by atoms with Crippen molar-refractivity contribution in [3.05, 3.63) is 45.3 Å². The van der Waals surface area contributed by atoms with Crippen LogP contribution in [0.15, 0.2) is 39.5 Å². The number of amides is 1. The summed E-state index contributed by atoms with van der Waals surface area (Å²) in [5, 5.41) is 0. The second kappa shape index (κ2) is 9.08. The van der Waals surface area contributed by atoms with Crippen molar-refractivity contribution in [2.45, 2.75) is 29.6 Å². The number of hydrogen-bond donors (Lipinski definition) is 0. The molecule has 1 aromatic carbocycles. The summed E-state index contributed by atoms with van der Waals surface area (Å²) in [6.45, 7) is 0.850. The summed E-state index contributed by atoms with van der Waals surface area (Å²) in [4.78, 5) is 17.6. The summed E-state index contributed by atoms with van der Waals surface area (Å²) in [6, 6.07) is 6.74. The number of hydrogen-bond acceptors (Lipinski definition) is 6. The van der Waals surface area contributed by atoms with E-state index in [0.717, 1.165) is 11.3 Å². The third kappa shape index (κ3) is 4.35. The van der Waals surface area contributed by atoms with E-state index in [9.17, 15) is 17.6 Å². The number of halogens is 2. The van der Waals surface area contributed by atoms with E-state index in [4.69, 9.17) is 16.3 Å². The van der Waals surface area contributed by atoms with E-state index in [-0.39, 0.29) is 10.8 Å². The minimum absolute atomic E-state index is 0.0938. The number of aromatic nitrogens is 1. The highest BCUT2D eigenvalue weighted by molar-refractivity contribution is 7.91. The highest BCUT2D eigenvalue weighted by Gasteiger charge is 2.40. The average molecular weight is 504 g/mol. The molecule has 1 unspecified atom stereocenters. The molecule has 1 aliphatic rings. The maximum Gasteiger partial charge on any atom is 0.266 e. The van der Waals surface area contributed by atoms with Gasteiger partial charge in [0.2, 0.25) is 0 Å². The van der Waals surface area contributed by atoms with Crippen molar-refractivity contribution < 1.29 is 22.3 Å². The Balaban J connectivity index is 1.73. The van der Waals surface area contributed by atoms with Gasteiger partial charge in [-0.25, -0.2) is 12.8 Å². The Bertz CT molecular complexity index is 1300. The van der Waals surface area contributed by atoms with Crippen LogP contribution in [0.1, 0.15) is 12.8 Å². The van der Waals surface area contributed by atoms with E-state index in [1.165, 1.54) is 41.0 Å². The van der Waals surface area contributed by atoms with Gasteiger partial charge in [-0.3, -0.25) is 4.79 Å². The number of thiophene rings is 1. The molecule has 1 saturated heterocycles. The molecule has 166 valence electrons. The number of fused-ring (bicyclic) bond motifs is 1. The van der Waals surface area contributed by atoms with E-state index in [2.05, 4.69) is 4.99 Å². The van der Waals surface area contributed by atoms with E-state index in [1.807, 2.05) is 0 Å². The fourth-order valence-electron chi connectivity index (χ4n) is 3.56. The molecule has 1 aliphatic heterocycles. The zero-order valence-corrected chi connectivity index (χ0v) is 19.7. The smallest absolute Gasteiger partial charge is 0.266 e. The first-order chi connectivity index (χ1) is 14.8. The molecule has 0 bridgehead atoms. The number of rotatable bonds is 6. The minimum atomic E-state index is -3.86. The van der Waals surface area contributed by atoms with Crippen LogP contribution in [-0.4, -0.2) is 49.5 Å². The highest BCUT2D eigenvalue weighted by atomic mass is 35.5. The van der Waals surface area contributed by atoms with Crippen molar-refractivity contribution in [1.29, 1.82) is 0 Å². The first-order valence-corrected chi connectivity index (χ1v) is 12.9. The summed E-state index contributed by atoms with van der Waals surface area (Å²) >= 11 is 8.03. The SMILES string of the molecule is COCCn1c(=NC(=O)C2CCCN2S(=O)(=O)c2ccc(Cl)s2)sc2cccc(F)c21. The van der Waals surface area contributed by atoms with E-state index in [0.29, 0.717) is 45.3 Å². The van der Waals surface area contributed by atoms with Gasteiger partial charge in [0.25, 0.3) is 15.9 Å². The molecule has 2 aromatic heterocycles. The lowest BCUT2D eigenvalue weighted by Gasteiger charge is -2.20. The molecular weight excluding hydrogens is 485 g/mol. The van der Waals surface area contributed by atoms with Crippen LogP contribution in [0.25, 0.3) is 10.2 Å². The van der Waals surface area contributed by atoms with Crippen molar-refractivity contribution in [1.82, 2.24) is 8.87 Å². The molecule has 1 fully saturated rings. The zero-order chi connectivity index (χ0) is 22.2. The van der Waals surface area contributed by atoms with Crippen molar-refractivity contribution >= 4 is 60.4 Å². The van der Waals surface area contributed by atoms with Gasteiger partial charge >= 0.3 is 0 Å². The lowest BCUT2D eigenvalue weighted by atomic mass is 10.2. The third-order valence-corrected chi connectivity index (χ3v) is 9.63. The molecule has 1 atom stereocenters. The number of benzene rings is 1. The Morgan fingerprint density at radius 2 is 2.13 bits per heavy atom. The molecule has 3 aromatic rings. The van der Waals surface area contributed by atoms with Crippen LogP contribution >= 0.6 is 34.3 Å². The van der Waals surface area contributed by atoms with Crippen LogP contribution < -0.4 is 4.80 Å². The molecule has 12 heteroatoms. The molecule has 0 aliphatic carbocycles. The largest absolute Gasteiger partial charge is 0.383 e. The standard InChI is InChI=1S/C19H19ClFN3O4S3/c1-28-11-10-23-17-12(21)4-2-6-14(17)29-19(23)22-18(25)13-5-3-9-24(13)31(26,27)16-8-7-15(20)30-16/h2,4,6-8,13H,3,5,9-11H2,1H3. The van der Waals surface area contributed by atoms with Gasteiger partial charge in [-0.1, -0.05) is 29.0 Å². The summed E-state index contributed by atoms with van der Waals surface area (Å²) in [5.41, 5.74) is 0.347. The number of carbonyl (C=O) groups excluding carboxylic acids is 1. The lowest BCUT2D eigenvalue weighted by Crippen LogP contribution is -2.40. The molecule has 7 nitrogen and oxygen atoms in total. The maximum absolute atomic E-state index is 14.5. The summed E-state index contributed by atoms with van der Waals surface area (Å²) in [5.74, 6) is -0.986. The summed E-state index contributed by atoms with van der Waals surface area (Å²) in [6.07, 6.45) is 0.924. The number of carbonyl (C=O) groups is 1. The molecule has 4 rings (SSSR count). The Hall–Kier alpha value is -1.63. The third-order valence-electron chi connectivity index (χ3n) is 4.98. The first kappa shape index (κ1) is 22.6. The Labute approximate surface area is 191 Å². The summed E-state index contributed by atoms with van der Waals surface area (Å²) in [7, 11) is -2.32. The molecular formula is C19H19ClFN3O4S3. The van der Waals surface area contributed by atoms with Crippen molar-refractivity contribution in [2.75, 3.05) is 20.3 Å². The Morgan fingerprint density at radius 1 is 1.32 bits per heavy atom. The molecule has 0 saturated carbocycles. The van der Waals surface area contributed by atoms with Crippen LogP contribution in [0.2, 0.25) is 4.34 Å². The highest BCUT2D eigenvalue weighted by Crippen LogP contribution is 2.32. The number of ether oxygens (including phenoxy) is 1. The van der Waals surface area contributed by atoms with Gasteiger partial charge in [0.05, 0.1) is 21.2 Å². The topological polar surface area (TPSA) is 81.0 Å². The predicted molar refractivity (Wildman–Crippen MR) is 118 cm³/mol. The Kier molecular flexibility index (Phi) is 6.61. The maximum atomic E-state index is 14.5. The summed E-state index contributed by atoms with van der Waals surface area (Å²) < 4.78 is 49.5. The first-order valence-electron chi connectivity index (χ1n) is 9.45. The molecule has 3 heterocycles. The van der Waals surface area contributed by atoms with E-state index < -0.39 is 27.8 Å². The number of nitrogens with zero attached hydrogens (tertiary/aromatic N) is 3. The van der Waals surface area contributed by atoms with Crippen LogP contribution in [0.5, 0.6) is 0 Å². The van der Waals surface area contributed by atoms with E-state index in [1.54, 1.807) is 16.7 Å². The average Bonchev–Trinajstić information content (AvgIpc) is 3.45. The fraction of sp³-hybridized carbons (Fsp3) is 0.368. The molecule has 31 heavy (non-hydrogen) atoms. The van der Waals surface area contributed by atoms with Gasteiger partial charge in [0.1, 0.15) is 16.1 Å². The fourth-order valence-corrected chi connectivity index (χ4v) is 7.90. The lowest BCUT2D eigenvalue weighted by molar-refractivity contribution is -0.121. The normalized spacial score (nSPS) is 18.3. The van der Waals surface area contributed by atoms with Crippen LogP contribution in [0, 0.1) is 5.82 Å². The Morgan fingerprint density at radius 3 is 2.84 bits per heavy atom. The van der Waals surface area contributed by atoms with Crippen molar-refractivity contribution in [2.24, 2.45) is 4.99 Å². The monoisotopic (exact) mass is 503 g/mol.